The molecule has 4 atom stereocenters. The zero-order valence-electron chi connectivity index (χ0n) is 21.7. The number of rotatable bonds is 11. The fourth-order valence-corrected chi connectivity index (χ4v) is 4.48. The van der Waals surface area contributed by atoms with E-state index >= 15 is 0 Å². The summed E-state index contributed by atoms with van der Waals surface area (Å²) in [6.45, 7) is 11.4. The number of carbonyl (C=O) groups excluding carboxylic acids is 1. The summed E-state index contributed by atoms with van der Waals surface area (Å²) in [6, 6.07) is 7.63. The Morgan fingerprint density at radius 2 is 1.69 bits per heavy atom. The number of hydrogen-bond donors (Lipinski definition) is 3. The fraction of sp³-hybridized carbons (Fsp3) is 0.654. The first-order valence-electron chi connectivity index (χ1n) is 12.3. The molecule has 9 nitrogen and oxygen atoms in total. The van der Waals surface area contributed by atoms with Crippen LogP contribution in [0.15, 0.2) is 30.3 Å². The Labute approximate surface area is 208 Å². The average molecular weight is 492 g/mol. The van der Waals surface area contributed by atoms with Gasteiger partial charge in [0.25, 0.3) is 0 Å². The Kier molecular flexibility index (Phi) is 10.1. The minimum Gasteiger partial charge on any atom is -0.480 e. The molecule has 196 valence electrons. The molecule has 35 heavy (non-hydrogen) atoms. The number of nitrogens with one attached hydrogen (secondary N) is 1. The van der Waals surface area contributed by atoms with Crippen molar-refractivity contribution in [3.63, 3.8) is 0 Å². The molecule has 0 radical (unpaired) electrons. The quantitative estimate of drug-likeness (QED) is 0.431. The highest BCUT2D eigenvalue weighted by Crippen LogP contribution is 2.31. The van der Waals surface area contributed by atoms with Gasteiger partial charge in [-0.1, -0.05) is 44.2 Å². The van der Waals surface area contributed by atoms with Crippen molar-refractivity contribution in [2.75, 3.05) is 13.2 Å². The molecule has 1 aromatic rings. The SMILES string of the molecule is CC(C)C[C@@H](C(=O)O)N1CN(C(=O)OC(C)(C)C)[C@@H](Cc2ccccc2)[C@H]1CCN[C@@H](C)C(=O)O. The van der Waals surface area contributed by atoms with Crippen LogP contribution in [0.4, 0.5) is 4.79 Å². The molecule has 0 spiro atoms. The Morgan fingerprint density at radius 3 is 2.20 bits per heavy atom. The highest BCUT2D eigenvalue weighted by atomic mass is 16.6. The monoisotopic (exact) mass is 491 g/mol. The summed E-state index contributed by atoms with van der Waals surface area (Å²) in [4.78, 5) is 40.4. The van der Waals surface area contributed by atoms with Gasteiger partial charge in [-0.25, -0.2) is 4.79 Å². The van der Waals surface area contributed by atoms with Crippen LogP contribution in [-0.2, 0) is 20.7 Å². The predicted octanol–water partition coefficient (Wildman–Crippen LogP) is 3.43. The second-order valence-corrected chi connectivity index (χ2v) is 10.7. The van der Waals surface area contributed by atoms with E-state index in [0.717, 1.165) is 5.56 Å². The number of benzene rings is 1. The molecule has 3 N–H and O–H groups in total. The number of hydrogen-bond acceptors (Lipinski definition) is 6. The van der Waals surface area contributed by atoms with Crippen LogP contribution in [0.2, 0.25) is 0 Å². The number of ether oxygens (including phenoxy) is 1. The maximum absolute atomic E-state index is 13.3. The smallest absolute Gasteiger partial charge is 0.411 e. The van der Waals surface area contributed by atoms with Gasteiger partial charge in [0.05, 0.1) is 12.7 Å². The van der Waals surface area contributed by atoms with Crippen LogP contribution in [-0.4, -0.2) is 81.0 Å². The summed E-state index contributed by atoms with van der Waals surface area (Å²) in [5, 5.41) is 22.3. The molecular formula is C26H41N3O6. The lowest BCUT2D eigenvalue weighted by Gasteiger charge is -2.32. The summed E-state index contributed by atoms with van der Waals surface area (Å²) >= 11 is 0. The number of carbonyl (C=O) groups is 3. The predicted molar refractivity (Wildman–Crippen MR) is 133 cm³/mol. The molecule has 0 bridgehead atoms. The molecule has 2 rings (SSSR count). The number of nitrogens with zero attached hydrogens (tertiary/aromatic N) is 2. The van der Waals surface area contributed by atoms with E-state index in [1.54, 1.807) is 32.6 Å². The lowest BCUT2D eigenvalue weighted by Crippen LogP contribution is -2.49. The maximum Gasteiger partial charge on any atom is 0.411 e. The number of carboxylic acid groups (broad SMARTS) is 2. The van der Waals surface area contributed by atoms with Crippen LogP contribution < -0.4 is 5.32 Å². The number of aliphatic carboxylic acids is 2. The van der Waals surface area contributed by atoms with Crippen molar-refractivity contribution in [1.29, 1.82) is 0 Å². The van der Waals surface area contributed by atoms with Crippen molar-refractivity contribution in [2.45, 2.75) is 90.6 Å². The van der Waals surface area contributed by atoms with Crippen LogP contribution in [0.25, 0.3) is 0 Å². The van der Waals surface area contributed by atoms with E-state index in [1.807, 2.05) is 49.1 Å². The third-order valence-corrected chi connectivity index (χ3v) is 6.14. The molecule has 1 aliphatic rings. The van der Waals surface area contributed by atoms with Crippen molar-refractivity contribution >= 4 is 18.0 Å². The molecule has 1 aliphatic heterocycles. The Bertz CT molecular complexity index is 854. The van der Waals surface area contributed by atoms with Gasteiger partial charge in [0, 0.05) is 6.04 Å². The van der Waals surface area contributed by atoms with Gasteiger partial charge < -0.3 is 20.3 Å². The summed E-state index contributed by atoms with van der Waals surface area (Å²) < 4.78 is 5.70. The number of amides is 1. The highest BCUT2D eigenvalue weighted by Gasteiger charge is 2.47. The Hall–Kier alpha value is -2.65. The van der Waals surface area contributed by atoms with Gasteiger partial charge in [-0.15, -0.1) is 0 Å². The third-order valence-electron chi connectivity index (χ3n) is 6.14. The largest absolute Gasteiger partial charge is 0.480 e. The minimum atomic E-state index is -0.951. The van der Waals surface area contributed by atoms with Crippen LogP contribution in [0.1, 0.15) is 59.9 Å². The zero-order valence-corrected chi connectivity index (χ0v) is 21.7. The van der Waals surface area contributed by atoms with Gasteiger partial charge in [0.2, 0.25) is 0 Å². The molecular weight excluding hydrogens is 450 g/mol. The van der Waals surface area contributed by atoms with E-state index in [4.69, 9.17) is 4.74 Å². The lowest BCUT2D eigenvalue weighted by atomic mass is 9.94. The first-order chi connectivity index (χ1) is 16.3. The maximum atomic E-state index is 13.3. The summed E-state index contributed by atoms with van der Waals surface area (Å²) in [5.41, 5.74) is 0.334. The molecule has 0 aliphatic carbocycles. The van der Waals surface area contributed by atoms with Gasteiger partial charge in [0.1, 0.15) is 17.7 Å². The van der Waals surface area contributed by atoms with Crippen molar-refractivity contribution in [2.24, 2.45) is 5.92 Å². The lowest BCUT2D eigenvalue weighted by molar-refractivity contribution is -0.144. The van der Waals surface area contributed by atoms with Crippen LogP contribution >= 0.6 is 0 Å². The van der Waals surface area contributed by atoms with E-state index in [-0.39, 0.29) is 24.7 Å². The van der Waals surface area contributed by atoms with E-state index in [1.165, 1.54) is 0 Å². The summed E-state index contributed by atoms with van der Waals surface area (Å²) in [5.74, 6) is -1.74. The van der Waals surface area contributed by atoms with Crippen LogP contribution in [0.5, 0.6) is 0 Å². The van der Waals surface area contributed by atoms with Crippen molar-refractivity contribution in [3.05, 3.63) is 35.9 Å². The van der Waals surface area contributed by atoms with E-state index < -0.39 is 35.7 Å². The van der Waals surface area contributed by atoms with Gasteiger partial charge >= 0.3 is 18.0 Å². The van der Waals surface area contributed by atoms with Crippen molar-refractivity contribution < 1.29 is 29.3 Å². The zero-order chi connectivity index (χ0) is 26.3. The number of carboxylic acids is 2. The first-order valence-corrected chi connectivity index (χ1v) is 12.3. The normalized spacial score (nSPS) is 20.6. The molecule has 1 heterocycles. The second kappa shape index (κ2) is 12.4. The fourth-order valence-electron chi connectivity index (χ4n) is 4.48. The summed E-state index contributed by atoms with van der Waals surface area (Å²) in [7, 11) is 0. The molecule has 1 saturated heterocycles. The average Bonchev–Trinajstić information content (AvgIpc) is 3.09. The third kappa shape index (κ3) is 8.50. The Morgan fingerprint density at radius 1 is 1.06 bits per heavy atom. The van der Waals surface area contributed by atoms with Gasteiger partial charge in [0.15, 0.2) is 0 Å². The van der Waals surface area contributed by atoms with Crippen LogP contribution in [0.3, 0.4) is 0 Å². The second-order valence-electron chi connectivity index (χ2n) is 10.7. The van der Waals surface area contributed by atoms with Crippen molar-refractivity contribution in [3.8, 4) is 0 Å². The molecule has 9 heteroatoms. The van der Waals surface area contributed by atoms with Gasteiger partial charge in [-0.2, -0.15) is 0 Å². The molecule has 1 fully saturated rings. The van der Waals surface area contributed by atoms with Crippen molar-refractivity contribution in [1.82, 2.24) is 15.1 Å². The topological polar surface area (TPSA) is 119 Å². The molecule has 1 aromatic carbocycles. The first kappa shape index (κ1) is 28.6. The van der Waals surface area contributed by atoms with E-state index in [2.05, 4.69) is 5.32 Å². The van der Waals surface area contributed by atoms with Gasteiger partial charge in [-0.3, -0.25) is 19.4 Å². The van der Waals surface area contributed by atoms with Gasteiger partial charge in [-0.05, 0) is 65.0 Å². The van der Waals surface area contributed by atoms with E-state index in [9.17, 15) is 24.6 Å². The molecule has 0 unspecified atom stereocenters. The Balaban J connectivity index is 2.43. The molecule has 0 saturated carbocycles. The summed E-state index contributed by atoms with van der Waals surface area (Å²) in [6.07, 6.45) is 0.969. The molecule has 0 aromatic heterocycles. The standard InChI is InChI=1S/C26H41N3O6/c1-17(2)14-22(24(32)33)28-16-29(25(34)35-26(4,5)6)21(15-19-10-8-7-9-11-19)20(28)12-13-27-18(3)23(30)31/h7-11,17-18,20-22,27H,12-16H2,1-6H3,(H,30,31)(H,32,33)/t18-,20+,21-,22-/m0/s1. The minimum absolute atomic E-state index is 0.134. The highest BCUT2D eigenvalue weighted by molar-refractivity contribution is 5.74. The molecule has 1 amide bonds. The van der Waals surface area contributed by atoms with E-state index in [0.29, 0.717) is 25.8 Å². The van der Waals surface area contributed by atoms with Crippen LogP contribution in [0, 0.1) is 5.92 Å².